The van der Waals surface area contributed by atoms with Gasteiger partial charge in [-0.25, -0.2) is 0 Å². The van der Waals surface area contributed by atoms with Gasteiger partial charge in [0, 0.05) is 24.5 Å². The van der Waals surface area contributed by atoms with Crippen LogP contribution in [0.25, 0.3) is 0 Å². The lowest BCUT2D eigenvalue weighted by molar-refractivity contribution is 0.451. The highest BCUT2D eigenvalue weighted by atomic mass is 14.9. The number of nitrogens with one attached hydrogen (secondary N) is 2. The molecule has 0 saturated carbocycles. The zero-order valence-electron chi connectivity index (χ0n) is 23.8. The third-order valence-corrected chi connectivity index (χ3v) is 7.75. The maximum absolute atomic E-state index is 7.30. The van der Waals surface area contributed by atoms with Crippen LogP contribution in [0, 0.1) is 0 Å². The lowest BCUT2D eigenvalue weighted by Gasteiger charge is -2.31. The number of benzene rings is 4. The smallest absolute Gasteiger partial charge is 0.0665 e. The Morgan fingerprint density at radius 1 is 0.475 bits per heavy atom. The average Bonchev–Trinajstić information content (AvgIpc) is 3.02. The predicted octanol–water partition coefficient (Wildman–Crippen LogP) is 8.19. The van der Waals surface area contributed by atoms with E-state index < -0.39 is 5.54 Å². The normalized spacial score (nSPS) is 11.3. The molecule has 210 valence electrons. The van der Waals surface area contributed by atoms with Crippen molar-refractivity contribution in [3.05, 3.63) is 131 Å². The quantitative estimate of drug-likeness (QED) is 0.103. The molecule has 4 heteroatoms. The van der Waals surface area contributed by atoms with Crippen molar-refractivity contribution in [2.24, 2.45) is 11.5 Å². The minimum atomic E-state index is -0.532. The Kier molecular flexibility index (Phi) is 11.6. The fourth-order valence-corrected chi connectivity index (χ4v) is 5.26. The van der Waals surface area contributed by atoms with E-state index in [9.17, 15) is 0 Å². The van der Waals surface area contributed by atoms with Crippen molar-refractivity contribution in [1.29, 1.82) is 0 Å². The lowest BCUT2D eigenvalue weighted by atomic mass is 9.79. The zero-order chi connectivity index (χ0) is 27.9. The van der Waals surface area contributed by atoms with E-state index in [4.69, 9.17) is 11.5 Å². The van der Waals surface area contributed by atoms with E-state index in [1.807, 2.05) is 12.1 Å². The van der Waals surface area contributed by atoms with E-state index >= 15 is 0 Å². The standard InChI is InChI=1S/C36H46N4/c37-27-13-5-3-1-2-4-12-26-36(38,32-18-22-34(23-19-32)39-28-30-14-8-6-9-15-30)33-20-24-35(25-21-33)40-29-31-16-10-7-11-17-31/h6-11,14-25,39-40H,1-5,12-13,26-29,37-38H2. The maximum Gasteiger partial charge on any atom is 0.0665 e. The fraction of sp³-hybridized carbons (Fsp3) is 0.333. The topological polar surface area (TPSA) is 76.1 Å². The molecule has 0 spiro atoms. The Morgan fingerprint density at radius 3 is 1.30 bits per heavy atom. The summed E-state index contributed by atoms with van der Waals surface area (Å²) < 4.78 is 0. The van der Waals surface area contributed by atoms with Gasteiger partial charge in [-0.15, -0.1) is 0 Å². The maximum atomic E-state index is 7.30. The summed E-state index contributed by atoms with van der Waals surface area (Å²) in [6.07, 6.45) is 9.42. The highest BCUT2D eigenvalue weighted by molar-refractivity contribution is 5.51. The fourth-order valence-electron chi connectivity index (χ4n) is 5.26. The summed E-state index contributed by atoms with van der Waals surface area (Å²) in [7, 11) is 0. The first-order chi connectivity index (χ1) is 19.7. The second-order valence-corrected chi connectivity index (χ2v) is 10.8. The van der Waals surface area contributed by atoms with Gasteiger partial charge >= 0.3 is 0 Å². The average molecular weight is 535 g/mol. The van der Waals surface area contributed by atoms with Crippen molar-refractivity contribution in [2.75, 3.05) is 17.2 Å². The molecule has 0 heterocycles. The Bertz CT molecular complexity index is 1130. The first-order valence-corrected chi connectivity index (χ1v) is 14.9. The highest BCUT2D eigenvalue weighted by Crippen LogP contribution is 2.34. The van der Waals surface area contributed by atoms with Crippen LogP contribution in [0.1, 0.15) is 73.6 Å². The highest BCUT2D eigenvalue weighted by Gasteiger charge is 2.29. The van der Waals surface area contributed by atoms with Gasteiger partial charge in [-0.05, 0) is 65.9 Å². The zero-order valence-corrected chi connectivity index (χ0v) is 23.8. The van der Waals surface area contributed by atoms with Gasteiger partial charge in [0.05, 0.1) is 5.54 Å². The molecule has 0 aromatic heterocycles. The molecule has 0 aliphatic heterocycles. The van der Waals surface area contributed by atoms with Crippen molar-refractivity contribution in [3.8, 4) is 0 Å². The summed E-state index contributed by atoms with van der Waals surface area (Å²) >= 11 is 0. The first-order valence-electron chi connectivity index (χ1n) is 14.9. The molecule has 40 heavy (non-hydrogen) atoms. The monoisotopic (exact) mass is 534 g/mol. The first kappa shape index (κ1) is 29.4. The molecule has 0 aliphatic carbocycles. The van der Waals surface area contributed by atoms with Crippen LogP contribution in [0.4, 0.5) is 11.4 Å². The van der Waals surface area contributed by atoms with Gasteiger partial charge in [-0.1, -0.05) is 123 Å². The van der Waals surface area contributed by atoms with Crippen molar-refractivity contribution in [3.63, 3.8) is 0 Å². The van der Waals surface area contributed by atoms with Crippen LogP contribution >= 0.6 is 0 Å². The van der Waals surface area contributed by atoms with Gasteiger partial charge < -0.3 is 22.1 Å². The molecule has 4 aromatic rings. The Morgan fingerprint density at radius 2 is 0.875 bits per heavy atom. The number of hydrogen-bond donors (Lipinski definition) is 4. The van der Waals surface area contributed by atoms with Crippen LogP contribution in [0.2, 0.25) is 0 Å². The summed E-state index contributed by atoms with van der Waals surface area (Å²) in [5.74, 6) is 0. The molecule has 0 fully saturated rings. The van der Waals surface area contributed by atoms with Crippen molar-refractivity contribution >= 4 is 11.4 Å². The van der Waals surface area contributed by atoms with E-state index in [1.54, 1.807) is 0 Å². The van der Waals surface area contributed by atoms with Crippen molar-refractivity contribution in [2.45, 2.75) is 70.0 Å². The van der Waals surface area contributed by atoms with Crippen LogP contribution in [0.5, 0.6) is 0 Å². The molecule has 4 aromatic carbocycles. The van der Waals surface area contributed by atoms with Crippen LogP contribution < -0.4 is 22.1 Å². The minimum Gasteiger partial charge on any atom is -0.381 e. The summed E-state index contributed by atoms with van der Waals surface area (Å²) in [5.41, 5.74) is 19.5. The van der Waals surface area contributed by atoms with Gasteiger partial charge in [-0.3, -0.25) is 0 Å². The van der Waals surface area contributed by atoms with Gasteiger partial charge in [0.25, 0.3) is 0 Å². The predicted molar refractivity (Wildman–Crippen MR) is 171 cm³/mol. The molecule has 0 atom stereocenters. The third-order valence-electron chi connectivity index (χ3n) is 7.75. The van der Waals surface area contributed by atoms with Gasteiger partial charge in [0.1, 0.15) is 0 Å². The van der Waals surface area contributed by atoms with Gasteiger partial charge in [0.2, 0.25) is 0 Å². The Balaban J connectivity index is 1.42. The summed E-state index contributed by atoms with van der Waals surface area (Å²) in [6, 6.07) is 38.4. The van der Waals surface area contributed by atoms with Crippen LogP contribution in [-0.4, -0.2) is 6.54 Å². The molecule has 0 unspecified atom stereocenters. The lowest BCUT2D eigenvalue weighted by Crippen LogP contribution is -2.38. The van der Waals surface area contributed by atoms with E-state index in [0.29, 0.717) is 0 Å². The Labute approximate surface area is 241 Å². The van der Waals surface area contributed by atoms with E-state index in [0.717, 1.165) is 61.4 Å². The number of hydrogen-bond acceptors (Lipinski definition) is 4. The number of rotatable bonds is 17. The van der Waals surface area contributed by atoms with E-state index in [-0.39, 0.29) is 0 Å². The Hall–Kier alpha value is -3.60. The van der Waals surface area contributed by atoms with Crippen molar-refractivity contribution < 1.29 is 0 Å². The molecule has 0 saturated heterocycles. The second-order valence-electron chi connectivity index (χ2n) is 10.8. The summed E-state index contributed by atoms with van der Waals surface area (Å²) in [6.45, 7) is 2.41. The van der Waals surface area contributed by atoms with Crippen molar-refractivity contribution in [1.82, 2.24) is 0 Å². The molecule has 0 bridgehead atoms. The molecule has 0 amide bonds. The van der Waals surface area contributed by atoms with E-state index in [2.05, 4.69) is 108 Å². The van der Waals surface area contributed by atoms with E-state index in [1.165, 1.54) is 43.2 Å². The largest absolute Gasteiger partial charge is 0.381 e. The summed E-state index contributed by atoms with van der Waals surface area (Å²) in [5, 5.41) is 7.08. The number of anilines is 2. The molecule has 6 N–H and O–H groups in total. The second kappa shape index (κ2) is 15.9. The molecule has 0 radical (unpaired) electrons. The number of unbranched alkanes of at least 4 members (excludes halogenated alkanes) is 6. The third kappa shape index (κ3) is 8.97. The minimum absolute atomic E-state index is 0.532. The molecular formula is C36H46N4. The van der Waals surface area contributed by atoms with Gasteiger partial charge in [0.15, 0.2) is 0 Å². The SMILES string of the molecule is NCCCCCCCCCC(N)(c1ccc(NCc2ccccc2)cc1)c1ccc(NCc2ccccc2)cc1. The van der Waals surface area contributed by atoms with Gasteiger partial charge in [-0.2, -0.15) is 0 Å². The van der Waals surface area contributed by atoms with Crippen LogP contribution in [0.3, 0.4) is 0 Å². The molecule has 4 nitrogen and oxygen atoms in total. The number of nitrogens with two attached hydrogens (primary N) is 2. The summed E-state index contributed by atoms with van der Waals surface area (Å²) in [4.78, 5) is 0. The van der Waals surface area contributed by atoms with Crippen LogP contribution in [-0.2, 0) is 18.6 Å². The molecule has 0 aliphatic rings. The molecular weight excluding hydrogens is 488 g/mol. The van der Waals surface area contributed by atoms with Crippen LogP contribution in [0.15, 0.2) is 109 Å². The molecule has 4 rings (SSSR count).